The fourth-order valence-electron chi connectivity index (χ4n) is 1.89. The average Bonchev–Trinajstić information content (AvgIpc) is 2.33. The number of hydrogen-bond acceptors (Lipinski definition) is 2. The van der Waals surface area contributed by atoms with Crippen molar-refractivity contribution in [3.05, 3.63) is 65.2 Å². The first-order chi connectivity index (χ1) is 8.20. The van der Waals surface area contributed by atoms with Gasteiger partial charge >= 0.3 is 0 Å². The number of aromatic nitrogens is 1. The first-order valence-electron chi connectivity index (χ1n) is 5.56. The molecule has 1 atom stereocenters. The molecule has 1 N–H and O–H groups in total. The van der Waals surface area contributed by atoms with Crippen molar-refractivity contribution in [1.29, 1.82) is 0 Å². The van der Waals surface area contributed by atoms with Gasteiger partial charge in [-0.25, -0.2) is 4.39 Å². The van der Waals surface area contributed by atoms with Crippen LogP contribution in [0, 0.1) is 12.7 Å². The zero-order valence-electron chi connectivity index (χ0n) is 9.94. The number of rotatable bonds is 3. The van der Waals surface area contributed by atoms with Crippen LogP contribution in [-0.2, 0) is 0 Å². The molecular formula is C14H15FN2. The quantitative estimate of drug-likeness (QED) is 0.877. The van der Waals surface area contributed by atoms with Gasteiger partial charge in [0.05, 0.1) is 17.9 Å². The molecule has 0 radical (unpaired) electrons. The van der Waals surface area contributed by atoms with Gasteiger partial charge in [0.15, 0.2) is 0 Å². The highest BCUT2D eigenvalue weighted by Gasteiger charge is 2.13. The van der Waals surface area contributed by atoms with E-state index in [1.165, 1.54) is 17.8 Å². The van der Waals surface area contributed by atoms with Crippen LogP contribution in [-0.4, -0.2) is 12.0 Å². The second-order valence-electron chi connectivity index (χ2n) is 4.04. The Morgan fingerprint density at radius 3 is 2.65 bits per heavy atom. The summed E-state index contributed by atoms with van der Waals surface area (Å²) in [6, 6.07) is 11.3. The summed E-state index contributed by atoms with van der Waals surface area (Å²) in [5.74, 6) is -0.312. The van der Waals surface area contributed by atoms with Gasteiger partial charge in [0.25, 0.3) is 0 Å². The predicted molar refractivity (Wildman–Crippen MR) is 66.3 cm³/mol. The number of nitrogens with zero attached hydrogens (tertiary/aromatic N) is 1. The van der Waals surface area contributed by atoms with E-state index in [0.29, 0.717) is 0 Å². The van der Waals surface area contributed by atoms with E-state index in [1.807, 2.05) is 32.2 Å². The van der Waals surface area contributed by atoms with Crippen molar-refractivity contribution in [2.75, 3.05) is 7.05 Å². The van der Waals surface area contributed by atoms with Crippen molar-refractivity contribution in [3.63, 3.8) is 0 Å². The Labute approximate surface area is 101 Å². The SMILES string of the molecule is CNC(c1cccc(C)c1)c1ccc(F)cn1. The van der Waals surface area contributed by atoms with E-state index in [1.54, 1.807) is 6.07 Å². The maximum absolute atomic E-state index is 12.8. The predicted octanol–water partition coefficient (Wildman–Crippen LogP) is 2.84. The minimum absolute atomic E-state index is 0.00417. The number of nitrogens with one attached hydrogen (secondary N) is 1. The summed E-state index contributed by atoms with van der Waals surface area (Å²) < 4.78 is 12.8. The largest absolute Gasteiger partial charge is 0.308 e. The third-order valence-corrected chi connectivity index (χ3v) is 2.71. The number of hydrogen-bond donors (Lipinski definition) is 1. The highest BCUT2D eigenvalue weighted by atomic mass is 19.1. The van der Waals surface area contributed by atoms with E-state index in [4.69, 9.17) is 0 Å². The smallest absolute Gasteiger partial charge is 0.141 e. The molecule has 17 heavy (non-hydrogen) atoms. The monoisotopic (exact) mass is 230 g/mol. The molecule has 0 aliphatic carbocycles. The third kappa shape index (κ3) is 2.68. The first kappa shape index (κ1) is 11.7. The van der Waals surface area contributed by atoms with E-state index in [0.717, 1.165) is 11.3 Å². The van der Waals surface area contributed by atoms with Crippen molar-refractivity contribution in [1.82, 2.24) is 10.3 Å². The Balaban J connectivity index is 2.36. The minimum atomic E-state index is -0.312. The van der Waals surface area contributed by atoms with E-state index >= 15 is 0 Å². The Hall–Kier alpha value is -1.74. The summed E-state index contributed by atoms with van der Waals surface area (Å²) >= 11 is 0. The molecule has 2 nitrogen and oxygen atoms in total. The summed E-state index contributed by atoms with van der Waals surface area (Å²) in [4.78, 5) is 4.12. The van der Waals surface area contributed by atoms with Crippen LogP contribution in [0.1, 0.15) is 22.9 Å². The second kappa shape index (κ2) is 5.06. The lowest BCUT2D eigenvalue weighted by atomic mass is 10.0. The average molecular weight is 230 g/mol. The van der Waals surface area contributed by atoms with Crippen molar-refractivity contribution < 1.29 is 4.39 Å². The van der Waals surface area contributed by atoms with Gasteiger partial charge in [0.1, 0.15) is 5.82 Å². The zero-order chi connectivity index (χ0) is 12.3. The van der Waals surface area contributed by atoms with Gasteiger partial charge in [-0.3, -0.25) is 4.98 Å². The number of aryl methyl sites for hydroxylation is 1. The molecule has 1 aromatic carbocycles. The molecule has 88 valence electrons. The molecule has 0 fully saturated rings. The molecule has 3 heteroatoms. The van der Waals surface area contributed by atoms with E-state index in [9.17, 15) is 4.39 Å². The standard InChI is InChI=1S/C14H15FN2/c1-10-4-3-5-11(8-10)14(16-2)13-7-6-12(15)9-17-13/h3-9,14,16H,1-2H3. The maximum atomic E-state index is 12.8. The van der Waals surface area contributed by atoms with Crippen molar-refractivity contribution in [2.24, 2.45) is 0 Å². The molecule has 0 saturated heterocycles. The lowest BCUT2D eigenvalue weighted by molar-refractivity contribution is 0.609. The topological polar surface area (TPSA) is 24.9 Å². The Morgan fingerprint density at radius 1 is 1.24 bits per heavy atom. The van der Waals surface area contributed by atoms with Gasteiger partial charge in [0.2, 0.25) is 0 Å². The molecular weight excluding hydrogens is 215 g/mol. The molecule has 0 saturated carbocycles. The Kier molecular flexibility index (Phi) is 3.49. The molecule has 0 spiro atoms. The summed E-state index contributed by atoms with van der Waals surface area (Å²) in [6.45, 7) is 2.05. The molecule has 2 aromatic rings. The summed E-state index contributed by atoms with van der Waals surface area (Å²) in [5, 5.41) is 3.20. The molecule has 0 aliphatic heterocycles. The summed E-state index contributed by atoms with van der Waals surface area (Å²) in [6.07, 6.45) is 1.25. The highest BCUT2D eigenvalue weighted by molar-refractivity contribution is 5.30. The molecule has 2 rings (SSSR count). The summed E-state index contributed by atoms with van der Waals surface area (Å²) in [7, 11) is 1.87. The lowest BCUT2D eigenvalue weighted by Gasteiger charge is -2.16. The lowest BCUT2D eigenvalue weighted by Crippen LogP contribution is -2.18. The van der Waals surface area contributed by atoms with Gasteiger partial charge in [-0.15, -0.1) is 0 Å². The number of pyridine rings is 1. The van der Waals surface area contributed by atoms with Crippen LogP contribution >= 0.6 is 0 Å². The first-order valence-corrected chi connectivity index (χ1v) is 5.56. The van der Waals surface area contributed by atoms with Crippen LogP contribution in [0.5, 0.6) is 0 Å². The van der Waals surface area contributed by atoms with Crippen molar-refractivity contribution in [2.45, 2.75) is 13.0 Å². The number of halogens is 1. The molecule has 1 heterocycles. The molecule has 1 aromatic heterocycles. The van der Waals surface area contributed by atoms with Crippen molar-refractivity contribution >= 4 is 0 Å². The highest BCUT2D eigenvalue weighted by Crippen LogP contribution is 2.20. The maximum Gasteiger partial charge on any atom is 0.141 e. The van der Waals surface area contributed by atoms with Gasteiger partial charge < -0.3 is 5.32 Å². The van der Waals surface area contributed by atoms with E-state index < -0.39 is 0 Å². The normalized spacial score (nSPS) is 12.4. The van der Waals surface area contributed by atoms with Gasteiger partial charge in [-0.2, -0.15) is 0 Å². The van der Waals surface area contributed by atoms with Crippen LogP contribution < -0.4 is 5.32 Å². The molecule has 1 unspecified atom stereocenters. The molecule has 0 amide bonds. The Bertz CT molecular complexity index is 494. The minimum Gasteiger partial charge on any atom is -0.308 e. The van der Waals surface area contributed by atoms with Crippen LogP contribution in [0.2, 0.25) is 0 Å². The fourth-order valence-corrected chi connectivity index (χ4v) is 1.89. The van der Waals surface area contributed by atoms with Crippen LogP contribution in [0.3, 0.4) is 0 Å². The summed E-state index contributed by atoms with van der Waals surface area (Å²) in [5.41, 5.74) is 3.15. The Morgan fingerprint density at radius 2 is 2.06 bits per heavy atom. The second-order valence-corrected chi connectivity index (χ2v) is 4.04. The molecule has 0 bridgehead atoms. The van der Waals surface area contributed by atoms with E-state index in [2.05, 4.69) is 16.4 Å². The van der Waals surface area contributed by atoms with E-state index in [-0.39, 0.29) is 11.9 Å². The van der Waals surface area contributed by atoms with Gasteiger partial charge in [-0.1, -0.05) is 29.8 Å². The third-order valence-electron chi connectivity index (χ3n) is 2.71. The van der Waals surface area contributed by atoms with Crippen LogP contribution in [0.25, 0.3) is 0 Å². The zero-order valence-corrected chi connectivity index (χ0v) is 9.94. The van der Waals surface area contributed by atoms with Crippen LogP contribution in [0.15, 0.2) is 42.6 Å². The number of benzene rings is 1. The van der Waals surface area contributed by atoms with Crippen molar-refractivity contribution in [3.8, 4) is 0 Å². The van der Waals surface area contributed by atoms with Crippen LogP contribution in [0.4, 0.5) is 4.39 Å². The fraction of sp³-hybridized carbons (Fsp3) is 0.214. The molecule has 0 aliphatic rings. The van der Waals surface area contributed by atoms with Gasteiger partial charge in [0, 0.05) is 0 Å². The van der Waals surface area contributed by atoms with Gasteiger partial charge in [-0.05, 0) is 31.7 Å².